The molecule has 7 aromatic carbocycles. The molecule has 3 heterocycles. The van der Waals surface area contributed by atoms with Gasteiger partial charge in [0.2, 0.25) is 0 Å². The molecule has 0 atom stereocenters. The number of alkyl halides is 6. The molecule has 53 heavy (non-hydrogen) atoms. The molecule has 0 aliphatic rings. The lowest BCUT2D eigenvalue weighted by atomic mass is 10.1. The molecule has 0 saturated heterocycles. The number of nitrogens with zero attached hydrogens (tertiary/aromatic N) is 3. The summed E-state index contributed by atoms with van der Waals surface area (Å²) in [4.78, 5) is 0. The fourth-order valence-corrected chi connectivity index (χ4v) is 8.07. The molecule has 0 bridgehead atoms. The van der Waals surface area contributed by atoms with Crippen LogP contribution in [0.4, 0.5) is 26.3 Å². The molecule has 0 unspecified atom stereocenters. The van der Waals surface area contributed by atoms with Crippen molar-refractivity contribution in [3.63, 3.8) is 0 Å². The lowest BCUT2D eigenvalue weighted by Crippen LogP contribution is -2.14. The summed E-state index contributed by atoms with van der Waals surface area (Å²) in [5, 5.41) is 5.51. The van der Waals surface area contributed by atoms with Gasteiger partial charge in [-0.2, -0.15) is 26.3 Å². The number of benzene rings is 7. The molecule has 0 radical (unpaired) electrons. The fourth-order valence-electron chi connectivity index (χ4n) is 8.07. The van der Waals surface area contributed by atoms with E-state index in [-0.39, 0.29) is 11.8 Å². The average molecular weight is 710 g/mol. The smallest absolute Gasteiger partial charge is 0.309 e. The van der Waals surface area contributed by atoms with Gasteiger partial charge in [-0.05, 0) is 78.9 Å². The molecule has 258 valence electrons. The van der Waals surface area contributed by atoms with Crippen LogP contribution in [0.3, 0.4) is 0 Å². The lowest BCUT2D eigenvalue weighted by Gasteiger charge is -2.18. The van der Waals surface area contributed by atoms with Gasteiger partial charge in [0.15, 0.2) is 0 Å². The van der Waals surface area contributed by atoms with Crippen LogP contribution in [0.25, 0.3) is 82.5 Å². The molecular weight excluding hydrogens is 684 g/mol. The Labute approximate surface area is 297 Å². The van der Waals surface area contributed by atoms with Gasteiger partial charge < -0.3 is 13.7 Å². The predicted octanol–water partition coefficient (Wildman–Crippen LogP) is 13.0. The van der Waals surface area contributed by atoms with E-state index in [4.69, 9.17) is 0 Å². The molecule has 0 amide bonds. The van der Waals surface area contributed by atoms with Gasteiger partial charge in [0.25, 0.3) is 0 Å². The number of aromatic nitrogens is 3. The number of rotatable bonds is 3. The normalized spacial score (nSPS) is 12.7. The molecule has 3 aromatic heterocycles. The topological polar surface area (TPSA) is 14.8 Å². The highest BCUT2D eigenvalue weighted by molar-refractivity contribution is 6.14. The van der Waals surface area contributed by atoms with E-state index in [1.807, 2.05) is 97.1 Å². The Kier molecular flexibility index (Phi) is 6.50. The molecule has 0 spiro atoms. The zero-order valence-corrected chi connectivity index (χ0v) is 27.5. The maximum absolute atomic E-state index is 14.7. The first-order chi connectivity index (χ1) is 25.6. The van der Waals surface area contributed by atoms with Gasteiger partial charge in [-0.3, -0.25) is 0 Å². The number of fused-ring (bicyclic) bond motifs is 9. The highest BCUT2D eigenvalue weighted by Gasteiger charge is 2.39. The highest BCUT2D eigenvalue weighted by atomic mass is 19.4. The second-order valence-electron chi connectivity index (χ2n) is 13.2. The first kappa shape index (κ1) is 31.3. The van der Waals surface area contributed by atoms with E-state index in [2.05, 4.69) is 33.4 Å². The van der Waals surface area contributed by atoms with Crippen LogP contribution in [0.1, 0.15) is 11.1 Å². The van der Waals surface area contributed by atoms with Crippen molar-refractivity contribution in [1.82, 2.24) is 13.7 Å². The van der Waals surface area contributed by atoms with E-state index < -0.39 is 23.5 Å². The zero-order chi connectivity index (χ0) is 36.2. The quantitative estimate of drug-likeness (QED) is 0.162. The summed E-state index contributed by atoms with van der Waals surface area (Å²) in [6.45, 7) is 0. The van der Waals surface area contributed by atoms with Crippen LogP contribution in [0, 0.1) is 0 Å². The van der Waals surface area contributed by atoms with Crippen molar-refractivity contribution in [2.75, 3.05) is 0 Å². The van der Waals surface area contributed by atoms with Gasteiger partial charge in [-0.1, -0.05) is 72.8 Å². The molecular formula is C44H25F6N3. The molecule has 10 aromatic rings. The summed E-state index contributed by atoms with van der Waals surface area (Å²) in [6, 6.07) is 45.1. The monoisotopic (exact) mass is 709 g/mol. The molecule has 0 fully saturated rings. The maximum atomic E-state index is 14.7. The molecule has 3 nitrogen and oxygen atoms in total. The summed E-state index contributed by atoms with van der Waals surface area (Å²) in [6.07, 6.45) is -10.0. The summed E-state index contributed by atoms with van der Waals surface area (Å²) in [5.41, 5.74) is 3.16. The van der Waals surface area contributed by atoms with Crippen LogP contribution in [0.5, 0.6) is 0 Å². The Hall–Kier alpha value is -6.48. The van der Waals surface area contributed by atoms with Crippen LogP contribution in [0.15, 0.2) is 152 Å². The van der Waals surface area contributed by atoms with Crippen LogP contribution in [-0.2, 0) is 12.4 Å². The molecule has 0 saturated carbocycles. The van der Waals surface area contributed by atoms with Crippen LogP contribution in [0.2, 0.25) is 0 Å². The first-order valence-electron chi connectivity index (χ1n) is 16.9. The van der Waals surface area contributed by atoms with Gasteiger partial charge in [0, 0.05) is 43.7 Å². The third-order valence-corrected chi connectivity index (χ3v) is 10.3. The zero-order valence-electron chi connectivity index (χ0n) is 27.5. The van der Waals surface area contributed by atoms with Crippen molar-refractivity contribution < 1.29 is 26.3 Å². The Morgan fingerprint density at radius 3 is 1.08 bits per heavy atom. The maximum Gasteiger partial charge on any atom is 0.418 e. The number of hydrogen-bond acceptors (Lipinski definition) is 0. The van der Waals surface area contributed by atoms with Gasteiger partial charge >= 0.3 is 12.4 Å². The number of halogens is 6. The van der Waals surface area contributed by atoms with E-state index in [1.54, 1.807) is 12.1 Å². The lowest BCUT2D eigenvalue weighted by molar-refractivity contribution is -0.142. The molecule has 0 aliphatic carbocycles. The predicted molar refractivity (Wildman–Crippen MR) is 199 cm³/mol. The Morgan fingerprint density at radius 2 is 0.698 bits per heavy atom. The van der Waals surface area contributed by atoms with E-state index in [1.165, 1.54) is 4.57 Å². The Morgan fingerprint density at radius 1 is 0.321 bits per heavy atom. The van der Waals surface area contributed by atoms with Crippen molar-refractivity contribution >= 4 is 65.4 Å². The van der Waals surface area contributed by atoms with Crippen molar-refractivity contribution in [1.29, 1.82) is 0 Å². The first-order valence-corrected chi connectivity index (χ1v) is 16.9. The minimum atomic E-state index is -5.06. The van der Waals surface area contributed by atoms with Gasteiger partial charge in [-0.25, -0.2) is 0 Å². The Balaban J connectivity index is 1.31. The standard InChI is InChI=1S/C44H25F6N3/c45-43(46,47)26-17-20-42(35(23-26)44(48,49)50)53-40-21-18-27(51-36-13-5-1-9-29(36)30-10-2-6-14-37(30)51)24-33(40)34-25-28(19-22-41(34)53)52-38-15-7-3-11-31(38)32-12-4-8-16-39(32)52/h1-25H. The van der Waals surface area contributed by atoms with Crippen molar-refractivity contribution in [2.45, 2.75) is 12.4 Å². The summed E-state index contributed by atoms with van der Waals surface area (Å²) >= 11 is 0. The second-order valence-corrected chi connectivity index (χ2v) is 13.2. The van der Waals surface area contributed by atoms with Gasteiger partial charge in [0.05, 0.1) is 49.9 Å². The van der Waals surface area contributed by atoms with Gasteiger partial charge in [0.1, 0.15) is 0 Å². The van der Waals surface area contributed by atoms with E-state index in [9.17, 15) is 26.3 Å². The Bertz CT molecular complexity index is 2820. The molecule has 9 heteroatoms. The summed E-state index contributed by atoms with van der Waals surface area (Å²) in [5.74, 6) is 0. The average Bonchev–Trinajstić information content (AvgIpc) is 3.79. The third-order valence-electron chi connectivity index (χ3n) is 10.3. The third kappa shape index (κ3) is 4.63. The van der Waals surface area contributed by atoms with E-state index in [0.29, 0.717) is 27.9 Å². The molecule has 10 rings (SSSR count). The summed E-state index contributed by atoms with van der Waals surface area (Å²) in [7, 11) is 0. The summed E-state index contributed by atoms with van der Waals surface area (Å²) < 4.78 is 91.1. The largest absolute Gasteiger partial charge is 0.418 e. The van der Waals surface area contributed by atoms with Crippen molar-refractivity contribution in [3.05, 3.63) is 163 Å². The van der Waals surface area contributed by atoms with Crippen molar-refractivity contribution in [3.8, 4) is 17.1 Å². The van der Waals surface area contributed by atoms with Crippen LogP contribution >= 0.6 is 0 Å². The minimum absolute atomic E-state index is 0.200. The molecule has 0 aliphatic heterocycles. The fraction of sp³-hybridized carbons (Fsp3) is 0.0455. The minimum Gasteiger partial charge on any atom is -0.309 e. The van der Waals surface area contributed by atoms with Crippen LogP contribution in [-0.4, -0.2) is 13.7 Å². The van der Waals surface area contributed by atoms with E-state index >= 15 is 0 Å². The van der Waals surface area contributed by atoms with Gasteiger partial charge in [-0.15, -0.1) is 0 Å². The second kappa shape index (κ2) is 11.0. The molecule has 0 N–H and O–H groups in total. The number of para-hydroxylation sites is 4. The van der Waals surface area contributed by atoms with Crippen molar-refractivity contribution in [2.24, 2.45) is 0 Å². The van der Waals surface area contributed by atoms with E-state index in [0.717, 1.165) is 61.1 Å². The highest BCUT2D eigenvalue weighted by Crippen LogP contribution is 2.43. The number of hydrogen-bond donors (Lipinski definition) is 0. The van der Waals surface area contributed by atoms with Crippen LogP contribution < -0.4 is 0 Å². The SMILES string of the molecule is FC(F)(F)c1ccc(-n2c3ccc(-n4c5ccccc5c5ccccc54)cc3c3cc(-n4c5ccccc5c5ccccc54)ccc32)c(C(F)(F)F)c1.